The summed E-state index contributed by atoms with van der Waals surface area (Å²) in [6.45, 7) is 6.06. The third-order valence-electron chi connectivity index (χ3n) is 0.695. The van der Waals surface area contributed by atoms with Gasteiger partial charge in [0.25, 0.3) is 0 Å². The Bertz CT molecular complexity index is 102. The molecule has 12 heavy (non-hydrogen) atoms. The molecular formula is C7H15NO4. The van der Waals surface area contributed by atoms with Crippen LogP contribution in [-0.4, -0.2) is 39.1 Å². The second-order valence-electron chi connectivity index (χ2n) is 1.98. The van der Waals surface area contributed by atoms with E-state index < -0.39 is 6.09 Å². The summed E-state index contributed by atoms with van der Waals surface area (Å²) in [4.78, 5) is 9.60. The third kappa shape index (κ3) is 35.1. The zero-order valence-electron chi connectivity index (χ0n) is 7.25. The Morgan fingerprint density at radius 2 is 1.67 bits per heavy atom. The first-order valence-electron chi connectivity index (χ1n) is 3.85. The van der Waals surface area contributed by atoms with Crippen molar-refractivity contribution in [1.82, 2.24) is 0 Å². The van der Waals surface area contributed by atoms with Crippen LogP contribution in [0.4, 0.5) is 4.79 Å². The van der Waals surface area contributed by atoms with Gasteiger partial charge in [-0.1, -0.05) is 0 Å². The van der Waals surface area contributed by atoms with Gasteiger partial charge in [-0.2, -0.15) is 0 Å². The van der Waals surface area contributed by atoms with Crippen molar-refractivity contribution in [2.24, 2.45) is 5.73 Å². The van der Waals surface area contributed by atoms with Crippen LogP contribution in [0, 0.1) is 0 Å². The lowest BCUT2D eigenvalue weighted by atomic mass is 10.9. The van der Waals surface area contributed by atoms with Crippen LogP contribution in [0.2, 0.25) is 0 Å². The van der Waals surface area contributed by atoms with E-state index in [9.17, 15) is 4.79 Å². The predicted octanol–water partition coefficient (Wildman–Crippen LogP) is 0.135. The summed E-state index contributed by atoms with van der Waals surface area (Å²) in [5.74, 6) is 0. The van der Waals surface area contributed by atoms with Crippen molar-refractivity contribution in [2.45, 2.75) is 6.92 Å². The number of amides is 1. The normalized spacial score (nSPS) is 15.8. The quantitative estimate of drug-likeness (QED) is 0.578. The highest BCUT2D eigenvalue weighted by atomic mass is 16.6. The maximum Gasteiger partial charge on any atom is 0.404 e. The fourth-order valence-electron chi connectivity index (χ4n) is 0.142. The standard InChI is InChI=1S/C3H7NO2.2C2H4O/c1-2-6-3(4)5;2*1-2-3-1/h2H2,1H3,(H2,4,5);2*1-2H2. The van der Waals surface area contributed by atoms with Crippen LogP contribution >= 0.6 is 0 Å². The first-order chi connectivity index (χ1) is 5.77. The monoisotopic (exact) mass is 177 g/mol. The van der Waals surface area contributed by atoms with Gasteiger partial charge in [-0.05, 0) is 6.92 Å². The number of carbonyl (C=O) groups is 1. The predicted molar refractivity (Wildman–Crippen MR) is 42.8 cm³/mol. The Morgan fingerprint density at radius 1 is 1.33 bits per heavy atom. The molecule has 0 saturated carbocycles. The van der Waals surface area contributed by atoms with Gasteiger partial charge in [-0.15, -0.1) is 0 Å². The fraction of sp³-hybridized carbons (Fsp3) is 0.857. The molecule has 2 saturated heterocycles. The Hall–Kier alpha value is -0.810. The van der Waals surface area contributed by atoms with Gasteiger partial charge in [0.05, 0.1) is 33.0 Å². The van der Waals surface area contributed by atoms with Crippen LogP contribution in [0.1, 0.15) is 6.92 Å². The van der Waals surface area contributed by atoms with Gasteiger partial charge < -0.3 is 19.9 Å². The summed E-state index contributed by atoms with van der Waals surface area (Å²) >= 11 is 0. The number of ether oxygens (including phenoxy) is 3. The number of nitrogens with two attached hydrogens (primary N) is 1. The van der Waals surface area contributed by atoms with Crippen LogP contribution in [0.3, 0.4) is 0 Å². The molecule has 0 spiro atoms. The summed E-state index contributed by atoms with van der Waals surface area (Å²) in [5, 5.41) is 0. The van der Waals surface area contributed by atoms with Gasteiger partial charge in [0.15, 0.2) is 0 Å². The molecule has 72 valence electrons. The second kappa shape index (κ2) is 8.29. The largest absolute Gasteiger partial charge is 0.450 e. The van der Waals surface area contributed by atoms with Gasteiger partial charge in [0.1, 0.15) is 0 Å². The molecule has 2 N–H and O–H groups in total. The molecule has 2 heterocycles. The molecule has 2 aliphatic heterocycles. The number of rotatable bonds is 1. The van der Waals surface area contributed by atoms with Crippen LogP contribution in [-0.2, 0) is 14.2 Å². The molecule has 2 rings (SSSR count). The van der Waals surface area contributed by atoms with Crippen molar-refractivity contribution in [3.05, 3.63) is 0 Å². The van der Waals surface area contributed by atoms with E-state index in [2.05, 4.69) is 19.9 Å². The Morgan fingerprint density at radius 3 is 1.67 bits per heavy atom. The number of hydrogen-bond acceptors (Lipinski definition) is 4. The minimum atomic E-state index is -0.711. The molecular weight excluding hydrogens is 162 g/mol. The maximum atomic E-state index is 9.60. The number of primary amides is 1. The first-order valence-corrected chi connectivity index (χ1v) is 3.85. The van der Waals surface area contributed by atoms with Crippen molar-refractivity contribution in [3.8, 4) is 0 Å². The topological polar surface area (TPSA) is 77.4 Å². The molecule has 1 amide bonds. The van der Waals surface area contributed by atoms with E-state index >= 15 is 0 Å². The van der Waals surface area contributed by atoms with Crippen molar-refractivity contribution in [2.75, 3.05) is 33.0 Å². The molecule has 0 bridgehead atoms. The lowest BCUT2D eigenvalue weighted by Crippen LogP contribution is -2.11. The highest BCUT2D eigenvalue weighted by molar-refractivity contribution is 5.64. The summed E-state index contributed by atoms with van der Waals surface area (Å²) in [6, 6.07) is 0. The summed E-state index contributed by atoms with van der Waals surface area (Å²) in [6.07, 6.45) is -0.711. The second-order valence-corrected chi connectivity index (χ2v) is 1.98. The molecule has 0 aromatic carbocycles. The molecule has 0 aromatic heterocycles. The van der Waals surface area contributed by atoms with Crippen LogP contribution in [0.15, 0.2) is 0 Å². The van der Waals surface area contributed by atoms with Gasteiger partial charge in [-0.25, -0.2) is 4.79 Å². The van der Waals surface area contributed by atoms with Crippen LogP contribution in [0.5, 0.6) is 0 Å². The fourth-order valence-corrected chi connectivity index (χ4v) is 0.142. The van der Waals surface area contributed by atoms with Crippen molar-refractivity contribution in [1.29, 1.82) is 0 Å². The van der Waals surface area contributed by atoms with Crippen LogP contribution in [0.25, 0.3) is 0 Å². The lowest BCUT2D eigenvalue weighted by molar-refractivity contribution is 0.163. The zero-order valence-corrected chi connectivity index (χ0v) is 7.25. The molecule has 2 aliphatic rings. The zero-order chi connectivity index (χ0) is 9.23. The van der Waals surface area contributed by atoms with E-state index in [1.807, 2.05) is 0 Å². The molecule has 2 fully saturated rings. The van der Waals surface area contributed by atoms with E-state index in [0.717, 1.165) is 26.4 Å². The number of carbonyl (C=O) groups excluding carboxylic acids is 1. The Kier molecular flexibility index (Phi) is 7.73. The summed E-state index contributed by atoms with van der Waals surface area (Å²) in [5.41, 5.74) is 4.54. The molecule has 0 unspecified atom stereocenters. The average Bonchev–Trinajstić information content (AvgIpc) is 2.85. The minimum absolute atomic E-state index is 0.356. The van der Waals surface area contributed by atoms with Gasteiger partial charge in [-0.3, -0.25) is 0 Å². The SMILES string of the molecule is C1CO1.C1CO1.CCOC(N)=O. The average molecular weight is 177 g/mol. The van der Waals surface area contributed by atoms with E-state index in [-0.39, 0.29) is 0 Å². The Balaban J connectivity index is 0.000000165. The van der Waals surface area contributed by atoms with E-state index in [4.69, 9.17) is 0 Å². The molecule has 5 heteroatoms. The molecule has 0 atom stereocenters. The first kappa shape index (κ1) is 11.2. The highest BCUT2D eigenvalue weighted by Gasteiger charge is 1.94. The smallest absolute Gasteiger partial charge is 0.404 e. The number of hydrogen-bond donors (Lipinski definition) is 1. The number of epoxide rings is 2. The summed E-state index contributed by atoms with van der Waals surface area (Å²) in [7, 11) is 0. The van der Waals surface area contributed by atoms with Crippen molar-refractivity contribution < 1.29 is 19.0 Å². The molecule has 0 aromatic rings. The highest BCUT2D eigenvalue weighted by Crippen LogP contribution is 1.85. The molecule has 5 nitrogen and oxygen atoms in total. The van der Waals surface area contributed by atoms with E-state index in [0.29, 0.717) is 6.61 Å². The Labute approximate surface area is 71.8 Å². The van der Waals surface area contributed by atoms with E-state index in [1.165, 1.54) is 0 Å². The van der Waals surface area contributed by atoms with E-state index in [1.54, 1.807) is 6.92 Å². The third-order valence-corrected chi connectivity index (χ3v) is 0.695. The van der Waals surface area contributed by atoms with Gasteiger partial charge >= 0.3 is 6.09 Å². The summed E-state index contributed by atoms with van der Waals surface area (Å²) < 4.78 is 13.2. The van der Waals surface area contributed by atoms with Gasteiger partial charge in [0, 0.05) is 0 Å². The van der Waals surface area contributed by atoms with Crippen LogP contribution < -0.4 is 5.73 Å². The lowest BCUT2D eigenvalue weighted by Gasteiger charge is -1.89. The molecule has 0 aliphatic carbocycles. The van der Waals surface area contributed by atoms with Crippen molar-refractivity contribution in [3.63, 3.8) is 0 Å². The van der Waals surface area contributed by atoms with Gasteiger partial charge in [0.2, 0.25) is 0 Å². The van der Waals surface area contributed by atoms with Crippen molar-refractivity contribution >= 4 is 6.09 Å². The minimum Gasteiger partial charge on any atom is -0.450 e. The molecule has 0 radical (unpaired) electrons. The maximum absolute atomic E-state index is 9.60.